The van der Waals surface area contributed by atoms with Crippen molar-refractivity contribution in [3.63, 3.8) is 0 Å². The van der Waals surface area contributed by atoms with Crippen molar-refractivity contribution in [1.82, 2.24) is 15.3 Å². The lowest BCUT2D eigenvalue weighted by molar-refractivity contribution is 0.108. The third kappa shape index (κ3) is 7.94. The summed E-state index contributed by atoms with van der Waals surface area (Å²) in [5, 5.41) is 3.41. The predicted octanol–water partition coefficient (Wildman–Crippen LogP) is 1.99. The summed E-state index contributed by atoms with van der Waals surface area (Å²) in [6, 6.07) is 0. The van der Waals surface area contributed by atoms with Gasteiger partial charge in [0.15, 0.2) is 0 Å². The molecule has 1 heterocycles. The molecule has 2 N–H and O–H groups in total. The lowest BCUT2D eigenvalue weighted by atomic mass is 10.2. The van der Waals surface area contributed by atoms with E-state index in [2.05, 4.69) is 29.1 Å². The monoisotopic (exact) mass is 239 g/mol. The predicted molar refractivity (Wildman–Crippen MR) is 70.1 cm³/mol. The number of rotatable bonds is 10. The van der Waals surface area contributed by atoms with Gasteiger partial charge in [0.2, 0.25) is 0 Å². The minimum atomic E-state index is 0.635. The zero-order valence-corrected chi connectivity index (χ0v) is 11.0. The first-order valence-electron chi connectivity index (χ1n) is 6.55. The fourth-order valence-electron chi connectivity index (χ4n) is 1.56. The number of nitrogens with zero attached hydrogens (tertiary/aromatic N) is 1. The highest BCUT2D eigenvalue weighted by Gasteiger charge is 1.95. The molecule has 0 unspecified atom stereocenters. The average Bonchev–Trinajstić information content (AvgIpc) is 2.79. The molecule has 4 nitrogen and oxygen atoms in total. The molecule has 1 aromatic heterocycles. The number of ether oxygens (including phenoxy) is 1. The van der Waals surface area contributed by atoms with E-state index < -0.39 is 0 Å². The minimum Gasteiger partial charge on any atom is -0.381 e. The summed E-state index contributed by atoms with van der Waals surface area (Å²) in [4.78, 5) is 7.30. The molecule has 1 aromatic rings. The summed E-state index contributed by atoms with van der Waals surface area (Å²) in [7, 11) is 0. The van der Waals surface area contributed by atoms with Crippen molar-refractivity contribution in [3.8, 4) is 0 Å². The Bertz CT molecular complexity index is 260. The first-order chi connectivity index (χ1) is 8.29. The van der Waals surface area contributed by atoms with Crippen molar-refractivity contribution in [2.75, 3.05) is 26.3 Å². The number of imidazole rings is 1. The molecule has 0 atom stereocenters. The molecule has 0 fully saturated rings. The Labute approximate surface area is 104 Å². The van der Waals surface area contributed by atoms with Crippen LogP contribution in [0.1, 0.15) is 32.5 Å². The Hall–Kier alpha value is -0.870. The lowest BCUT2D eigenvalue weighted by Crippen LogP contribution is -2.19. The van der Waals surface area contributed by atoms with Gasteiger partial charge in [-0.05, 0) is 31.8 Å². The Kier molecular flexibility index (Phi) is 7.67. The maximum Gasteiger partial charge on any atom is 0.106 e. The number of aromatic amines is 1. The molecule has 0 amide bonds. The van der Waals surface area contributed by atoms with Crippen molar-refractivity contribution < 1.29 is 4.74 Å². The van der Waals surface area contributed by atoms with Gasteiger partial charge in [0.1, 0.15) is 5.82 Å². The van der Waals surface area contributed by atoms with Gasteiger partial charge in [-0.25, -0.2) is 4.98 Å². The summed E-state index contributed by atoms with van der Waals surface area (Å²) in [6.07, 6.45) is 6.90. The molecule has 0 bridgehead atoms. The summed E-state index contributed by atoms with van der Waals surface area (Å²) in [5.41, 5.74) is 0. The van der Waals surface area contributed by atoms with Gasteiger partial charge in [-0.3, -0.25) is 0 Å². The van der Waals surface area contributed by atoms with Gasteiger partial charge in [0, 0.05) is 32.0 Å². The molecule has 0 aromatic carbocycles. The second kappa shape index (κ2) is 9.19. The van der Waals surface area contributed by atoms with Crippen molar-refractivity contribution in [2.45, 2.75) is 33.1 Å². The van der Waals surface area contributed by atoms with Crippen LogP contribution in [-0.2, 0) is 11.2 Å². The second-order valence-electron chi connectivity index (χ2n) is 4.71. The Morgan fingerprint density at radius 3 is 2.88 bits per heavy atom. The van der Waals surface area contributed by atoms with Crippen LogP contribution >= 0.6 is 0 Å². The van der Waals surface area contributed by atoms with E-state index in [0.717, 1.165) is 51.4 Å². The molecule has 1 rings (SSSR count). The van der Waals surface area contributed by atoms with Crippen LogP contribution < -0.4 is 5.32 Å². The van der Waals surface area contributed by atoms with Crippen LogP contribution in [0.25, 0.3) is 0 Å². The highest BCUT2D eigenvalue weighted by atomic mass is 16.5. The first-order valence-corrected chi connectivity index (χ1v) is 6.55. The normalized spacial score (nSPS) is 11.2. The van der Waals surface area contributed by atoms with Crippen LogP contribution in [-0.4, -0.2) is 36.3 Å². The first kappa shape index (κ1) is 14.2. The number of H-pyrrole nitrogens is 1. The van der Waals surface area contributed by atoms with Gasteiger partial charge < -0.3 is 15.0 Å². The van der Waals surface area contributed by atoms with Crippen molar-refractivity contribution in [1.29, 1.82) is 0 Å². The van der Waals surface area contributed by atoms with E-state index in [9.17, 15) is 0 Å². The third-order valence-corrected chi connectivity index (χ3v) is 2.42. The summed E-state index contributed by atoms with van der Waals surface area (Å²) >= 11 is 0. The largest absolute Gasteiger partial charge is 0.381 e. The molecule has 0 saturated carbocycles. The van der Waals surface area contributed by atoms with Gasteiger partial charge in [-0.1, -0.05) is 13.8 Å². The highest BCUT2D eigenvalue weighted by molar-refractivity contribution is 4.86. The van der Waals surface area contributed by atoms with E-state index >= 15 is 0 Å². The van der Waals surface area contributed by atoms with E-state index in [-0.39, 0.29) is 0 Å². The SMILES string of the molecule is CC(C)COCCCNCCCc1ncc[nH]1. The molecular weight excluding hydrogens is 214 g/mol. The van der Waals surface area contributed by atoms with Crippen LogP contribution in [0.3, 0.4) is 0 Å². The van der Waals surface area contributed by atoms with E-state index in [1.165, 1.54) is 0 Å². The Morgan fingerprint density at radius 1 is 1.35 bits per heavy atom. The number of hydrogen-bond donors (Lipinski definition) is 2. The molecule has 0 aliphatic rings. The highest BCUT2D eigenvalue weighted by Crippen LogP contribution is 1.94. The second-order valence-corrected chi connectivity index (χ2v) is 4.71. The maximum atomic E-state index is 5.51. The zero-order chi connectivity index (χ0) is 12.3. The van der Waals surface area contributed by atoms with Crippen LogP contribution in [0.2, 0.25) is 0 Å². The summed E-state index contributed by atoms with van der Waals surface area (Å²) < 4.78 is 5.51. The van der Waals surface area contributed by atoms with Gasteiger partial charge in [0.25, 0.3) is 0 Å². The fourth-order valence-corrected chi connectivity index (χ4v) is 1.56. The summed E-state index contributed by atoms with van der Waals surface area (Å²) in [6.45, 7) is 8.17. The molecule has 0 aliphatic heterocycles. The average molecular weight is 239 g/mol. The molecule has 0 spiro atoms. The van der Waals surface area contributed by atoms with E-state index in [1.54, 1.807) is 6.20 Å². The van der Waals surface area contributed by atoms with Gasteiger partial charge >= 0.3 is 0 Å². The van der Waals surface area contributed by atoms with Crippen molar-refractivity contribution in [3.05, 3.63) is 18.2 Å². The van der Waals surface area contributed by atoms with Gasteiger partial charge in [-0.15, -0.1) is 0 Å². The lowest BCUT2D eigenvalue weighted by Gasteiger charge is -2.07. The zero-order valence-electron chi connectivity index (χ0n) is 11.0. The number of nitrogens with one attached hydrogen (secondary N) is 2. The van der Waals surface area contributed by atoms with E-state index in [4.69, 9.17) is 4.74 Å². The molecule has 0 saturated heterocycles. The topological polar surface area (TPSA) is 49.9 Å². The van der Waals surface area contributed by atoms with Crippen LogP contribution in [0.5, 0.6) is 0 Å². The molecule has 0 aliphatic carbocycles. The van der Waals surface area contributed by atoms with E-state index in [1.807, 2.05) is 6.20 Å². The van der Waals surface area contributed by atoms with Crippen molar-refractivity contribution in [2.24, 2.45) is 5.92 Å². The maximum absolute atomic E-state index is 5.51. The third-order valence-electron chi connectivity index (χ3n) is 2.42. The quantitative estimate of drug-likeness (QED) is 0.614. The number of hydrogen-bond acceptors (Lipinski definition) is 3. The van der Waals surface area contributed by atoms with Gasteiger partial charge in [0.05, 0.1) is 0 Å². The van der Waals surface area contributed by atoms with E-state index in [0.29, 0.717) is 5.92 Å². The standard InChI is InChI=1S/C13H25N3O/c1-12(2)11-17-10-4-7-14-6-3-5-13-15-8-9-16-13/h8-9,12,14H,3-7,10-11H2,1-2H3,(H,15,16). The molecule has 17 heavy (non-hydrogen) atoms. The van der Waals surface area contributed by atoms with Crippen molar-refractivity contribution >= 4 is 0 Å². The molecular formula is C13H25N3O. The van der Waals surface area contributed by atoms with Crippen LogP contribution in [0.15, 0.2) is 12.4 Å². The smallest absolute Gasteiger partial charge is 0.106 e. The Morgan fingerprint density at radius 2 is 2.18 bits per heavy atom. The fraction of sp³-hybridized carbons (Fsp3) is 0.769. The molecule has 98 valence electrons. The Balaban J connectivity index is 1.79. The molecule has 4 heteroatoms. The van der Waals surface area contributed by atoms with Crippen LogP contribution in [0.4, 0.5) is 0 Å². The minimum absolute atomic E-state index is 0.635. The molecule has 0 radical (unpaired) electrons. The van der Waals surface area contributed by atoms with Crippen LogP contribution in [0, 0.1) is 5.92 Å². The number of aryl methyl sites for hydroxylation is 1. The number of aromatic nitrogens is 2. The van der Waals surface area contributed by atoms with Gasteiger partial charge in [-0.2, -0.15) is 0 Å². The summed E-state index contributed by atoms with van der Waals surface area (Å²) in [5.74, 6) is 1.71.